The van der Waals surface area contributed by atoms with Crippen molar-refractivity contribution in [2.24, 2.45) is 11.7 Å². The van der Waals surface area contributed by atoms with Crippen LogP contribution < -0.4 is 10.5 Å². The lowest BCUT2D eigenvalue weighted by Crippen LogP contribution is -2.38. The molecule has 1 aliphatic carbocycles. The van der Waals surface area contributed by atoms with E-state index in [2.05, 4.69) is 16.8 Å². The average molecular weight is 452 g/mol. The summed E-state index contributed by atoms with van der Waals surface area (Å²) < 4.78 is 33.8. The Labute approximate surface area is 191 Å². The molecule has 7 heteroatoms. The molecule has 5 rings (SSSR count). The summed E-state index contributed by atoms with van der Waals surface area (Å²) in [4.78, 5) is 17.4. The first-order chi connectivity index (χ1) is 15.9. The normalized spacial score (nSPS) is 16.2. The molecule has 3 aromatic rings. The Bertz CT molecular complexity index is 1250. The number of nitrogens with zero attached hydrogens (tertiary/aromatic N) is 1. The summed E-state index contributed by atoms with van der Waals surface area (Å²) in [6.07, 6.45) is 7.82. The third kappa shape index (κ3) is 4.19. The quantitative estimate of drug-likeness (QED) is 0.506. The number of nitrogens with two attached hydrogens (primary N) is 1. The van der Waals surface area contributed by atoms with Crippen LogP contribution in [0.4, 0.5) is 8.78 Å². The molecule has 1 aromatic heterocycles. The van der Waals surface area contributed by atoms with Crippen molar-refractivity contribution in [3.8, 4) is 5.75 Å². The Balaban J connectivity index is 1.39. The largest absolute Gasteiger partial charge is 0.484 e. The number of benzene rings is 2. The Kier molecular flexibility index (Phi) is 5.56. The van der Waals surface area contributed by atoms with Crippen LogP contribution in [0.3, 0.4) is 0 Å². The zero-order valence-electron chi connectivity index (χ0n) is 18.5. The van der Waals surface area contributed by atoms with Gasteiger partial charge in [0.2, 0.25) is 5.91 Å². The zero-order chi connectivity index (χ0) is 23.1. The molecule has 33 heavy (non-hydrogen) atoms. The molecule has 1 amide bonds. The molecule has 1 atom stereocenters. The van der Waals surface area contributed by atoms with E-state index >= 15 is 0 Å². The third-order valence-electron chi connectivity index (χ3n) is 6.83. The number of primary amides is 1. The van der Waals surface area contributed by atoms with Crippen molar-refractivity contribution >= 4 is 22.9 Å². The summed E-state index contributed by atoms with van der Waals surface area (Å²) in [5.74, 6) is -0.667. The number of fused-ring (bicyclic) bond motifs is 2. The van der Waals surface area contributed by atoms with E-state index in [-0.39, 0.29) is 23.7 Å². The molecule has 2 heterocycles. The number of carbonyl (C=O) groups excluding carboxylic acids is 1. The van der Waals surface area contributed by atoms with Crippen molar-refractivity contribution in [2.75, 3.05) is 13.2 Å². The van der Waals surface area contributed by atoms with Crippen LogP contribution >= 0.6 is 0 Å². The van der Waals surface area contributed by atoms with Gasteiger partial charge in [-0.2, -0.15) is 0 Å². The van der Waals surface area contributed by atoms with Gasteiger partial charge in [0, 0.05) is 35.2 Å². The van der Waals surface area contributed by atoms with Crippen LogP contribution in [-0.2, 0) is 6.42 Å². The number of hydrogen-bond acceptors (Lipinski definition) is 3. The molecular formula is C26H27F2N3O2. The number of hydrogen-bond donors (Lipinski definition) is 2. The molecule has 1 saturated carbocycles. The number of ether oxygens (including phenoxy) is 1. The Morgan fingerprint density at radius 2 is 2.09 bits per heavy atom. The number of amides is 1. The second-order valence-corrected chi connectivity index (χ2v) is 9.01. The van der Waals surface area contributed by atoms with Crippen LogP contribution in [0.2, 0.25) is 0 Å². The van der Waals surface area contributed by atoms with Gasteiger partial charge in [0.1, 0.15) is 12.4 Å². The summed E-state index contributed by atoms with van der Waals surface area (Å²) >= 11 is 0. The molecule has 172 valence electrons. The van der Waals surface area contributed by atoms with E-state index < -0.39 is 11.7 Å². The monoisotopic (exact) mass is 451 g/mol. The second-order valence-electron chi connectivity index (χ2n) is 9.01. The molecule has 0 saturated heterocycles. The maximum atomic E-state index is 14.3. The topological polar surface area (TPSA) is 71.3 Å². The van der Waals surface area contributed by atoms with E-state index in [1.807, 2.05) is 12.3 Å². The van der Waals surface area contributed by atoms with Gasteiger partial charge < -0.3 is 20.4 Å². The van der Waals surface area contributed by atoms with Crippen molar-refractivity contribution in [1.29, 1.82) is 0 Å². The molecule has 2 aliphatic rings. The lowest BCUT2D eigenvalue weighted by atomic mass is 10.0. The van der Waals surface area contributed by atoms with Gasteiger partial charge >= 0.3 is 0 Å². The van der Waals surface area contributed by atoms with E-state index in [1.165, 1.54) is 31.0 Å². The molecule has 1 aliphatic heterocycles. The van der Waals surface area contributed by atoms with Crippen molar-refractivity contribution in [3.05, 3.63) is 70.6 Å². The molecule has 0 radical (unpaired) electrons. The van der Waals surface area contributed by atoms with Gasteiger partial charge in [-0.15, -0.1) is 0 Å². The minimum atomic E-state index is -0.610. The number of aromatic nitrogens is 1. The van der Waals surface area contributed by atoms with Crippen LogP contribution in [0.25, 0.3) is 17.0 Å². The highest BCUT2D eigenvalue weighted by Gasteiger charge is 2.34. The van der Waals surface area contributed by atoms with Crippen LogP contribution in [0.15, 0.2) is 42.2 Å². The van der Waals surface area contributed by atoms with Crippen molar-refractivity contribution < 1.29 is 18.3 Å². The highest BCUT2D eigenvalue weighted by molar-refractivity contribution is 5.98. The fourth-order valence-electron chi connectivity index (χ4n) is 4.84. The van der Waals surface area contributed by atoms with Gasteiger partial charge in [0.25, 0.3) is 0 Å². The minimum Gasteiger partial charge on any atom is -0.484 e. The average Bonchev–Trinajstić information content (AvgIpc) is 3.58. The Hall–Kier alpha value is -3.35. The fraction of sp³-hybridized carbons (Fsp3) is 0.346. The predicted octanol–water partition coefficient (Wildman–Crippen LogP) is 5.01. The molecule has 1 fully saturated rings. The molecule has 5 nitrogen and oxygen atoms in total. The van der Waals surface area contributed by atoms with Crippen LogP contribution in [-0.4, -0.2) is 35.0 Å². The SMILES string of the molecule is CC(C1CC1)N(CCCc1c[nH]c2ccc(F)cc12)C1=Cc2c(C(N)=O)ccc(F)c2OC1. The number of H-pyrrole nitrogens is 1. The Morgan fingerprint density at radius 1 is 1.27 bits per heavy atom. The van der Waals surface area contributed by atoms with Gasteiger partial charge in [0.15, 0.2) is 11.6 Å². The molecule has 3 N–H and O–H groups in total. The molecular weight excluding hydrogens is 424 g/mol. The van der Waals surface area contributed by atoms with Crippen molar-refractivity contribution in [1.82, 2.24) is 9.88 Å². The maximum absolute atomic E-state index is 14.3. The minimum absolute atomic E-state index is 0.0786. The number of aromatic amines is 1. The molecule has 0 bridgehead atoms. The highest BCUT2D eigenvalue weighted by Crippen LogP contribution is 2.39. The van der Waals surface area contributed by atoms with Crippen LogP contribution in [0.5, 0.6) is 5.75 Å². The van der Waals surface area contributed by atoms with Crippen LogP contribution in [0, 0.1) is 17.6 Å². The first-order valence-corrected chi connectivity index (χ1v) is 11.4. The van der Waals surface area contributed by atoms with E-state index in [4.69, 9.17) is 10.5 Å². The molecule has 2 aromatic carbocycles. The van der Waals surface area contributed by atoms with Crippen molar-refractivity contribution in [3.63, 3.8) is 0 Å². The number of carbonyl (C=O) groups is 1. The van der Waals surface area contributed by atoms with E-state index in [0.29, 0.717) is 17.5 Å². The van der Waals surface area contributed by atoms with Gasteiger partial charge in [0.05, 0.1) is 11.3 Å². The second kappa shape index (κ2) is 8.54. The summed E-state index contributed by atoms with van der Waals surface area (Å²) in [6.45, 7) is 3.21. The number of aryl methyl sites for hydroxylation is 1. The molecule has 1 unspecified atom stereocenters. The van der Waals surface area contributed by atoms with Gasteiger partial charge in [-0.1, -0.05) is 0 Å². The summed E-state index contributed by atoms with van der Waals surface area (Å²) in [6, 6.07) is 7.70. The maximum Gasteiger partial charge on any atom is 0.249 e. The predicted molar refractivity (Wildman–Crippen MR) is 124 cm³/mol. The van der Waals surface area contributed by atoms with E-state index in [0.717, 1.165) is 41.5 Å². The van der Waals surface area contributed by atoms with Gasteiger partial charge in [-0.25, -0.2) is 8.78 Å². The van der Waals surface area contributed by atoms with E-state index in [1.54, 1.807) is 12.1 Å². The van der Waals surface area contributed by atoms with Crippen LogP contribution in [0.1, 0.15) is 47.7 Å². The fourth-order valence-corrected chi connectivity index (χ4v) is 4.84. The lowest BCUT2D eigenvalue weighted by Gasteiger charge is -2.35. The smallest absolute Gasteiger partial charge is 0.249 e. The van der Waals surface area contributed by atoms with Gasteiger partial charge in [-0.05, 0) is 80.5 Å². The first kappa shape index (κ1) is 21.5. The van der Waals surface area contributed by atoms with Gasteiger partial charge in [-0.3, -0.25) is 4.79 Å². The van der Waals surface area contributed by atoms with Crippen molar-refractivity contribution in [2.45, 2.75) is 38.6 Å². The molecule has 0 spiro atoms. The summed E-state index contributed by atoms with van der Waals surface area (Å²) in [5.41, 5.74) is 9.12. The number of halogens is 2. The summed E-state index contributed by atoms with van der Waals surface area (Å²) in [7, 11) is 0. The zero-order valence-corrected chi connectivity index (χ0v) is 18.5. The lowest BCUT2D eigenvalue weighted by molar-refractivity contribution is 0.0999. The first-order valence-electron chi connectivity index (χ1n) is 11.4. The van der Waals surface area contributed by atoms with E-state index in [9.17, 15) is 13.6 Å². The number of nitrogens with one attached hydrogen (secondary N) is 1. The third-order valence-corrected chi connectivity index (χ3v) is 6.83. The number of rotatable bonds is 8. The summed E-state index contributed by atoms with van der Waals surface area (Å²) in [5, 5.41) is 0.910. The standard InChI is InChI=1S/C26H27F2N3O2/c1-15(16-4-5-16)31(10-2-3-17-13-30-24-9-6-18(27)11-21(17)24)19-12-22-20(26(29)32)7-8-23(28)25(22)33-14-19/h6-9,11-13,15-16,30H,2-5,10,14H2,1H3,(H2,29,32). The highest BCUT2D eigenvalue weighted by atomic mass is 19.1. The Morgan fingerprint density at radius 3 is 2.85 bits per heavy atom.